The first-order chi connectivity index (χ1) is 13.9. The molecule has 1 fully saturated rings. The van der Waals surface area contributed by atoms with Crippen molar-refractivity contribution in [3.05, 3.63) is 47.9 Å². The Labute approximate surface area is 173 Å². The Morgan fingerprint density at radius 2 is 1.93 bits per heavy atom. The van der Waals surface area contributed by atoms with E-state index >= 15 is 0 Å². The third-order valence-corrected chi connectivity index (χ3v) is 7.63. The van der Waals surface area contributed by atoms with E-state index in [1.165, 1.54) is 21.9 Å². The Morgan fingerprint density at radius 1 is 1.17 bits per heavy atom. The molecule has 10 heteroatoms. The van der Waals surface area contributed by atoms with Crippen LogP contribution in [0.1, 0.15) is 30.4 Å². The molecule has 0 unspecified atom stereocenters. The highest BCUT2D eigenvalue weighted by Gasteiger charge is 2.34. The van der Waals surface area contributed by atoms with Gasteiger partial charge in [0.2, 0.25) is 10.0 Å². The number of sulfonamides is 1. The number of carbonyl (C=O) groups is 1. The van der Waals surface area contributed by atoms with E-state index in [4.69, 9.17) is 4.42 Å². The lowest BCUT2D eigenvalue weighted by atomic mass is 10.3. The molecule has 4 heterocycles. The fourth-order valence-corrected chi connectivity index (χ4v) is 5.59. The van der Waals surface area contributed by atoms with Gasteiger partial charge in [0.15, 0.2) is 5.76 Å². The van der Waals surface area contributed by atoms with Gasteiger partial charge in [0, 0.05) is 38.4 Å². The van der Waals surface area contributed by atoms with Gasteiger partial charge in [-0.25, -0.2) is 8.42 Å². The molecule has 1 saturated heterocycles. The monoisotopic (exact) mass is 434 g/mol. The molecule has 4 rings (SSSR count). The lowest BCUT2D eigenvalue weighted by Gasteiger charge is -2.33. The molecule has 0 spiro atoms. The maximum absolute atomic E-state index is 13.4. The second-order valence-electron chi connectivity index (χ2n) is 7.07. The van der Waals surface area contributed by atoms with Crippen LogP contribution in [0.4, 0.5) is 0 Å². The fourth-order valence-electron chi connectivity index (χ4n) is 3.24. The second-order valence-corrected chi connectivity index (χ2v) is 9.92. The molecule has 154 valence electrons. The molecule has 0 aromatic carbocycles. The summed E-state index contributed by atoms with van der Waals surface area (Å²) in [5, 5.41) is 6.44. The standard InChI is InChI=1S/C19H22N4O4S2/c1-14(2)23-13-17(18(20-23)16-6-4-12-28-16)29(25,26)22-9-7-21(8-10-22)19(24)15-5-3-11-27-15/h3-6,11-14H,7-10H2,1-2H3. The lowest BCUT2D eigenvalue weighted by molar-refractivity contribution is 0.0666. The predicted octanol–water partition coefficient (Wildman–Crippen LogP) is 2.93. The molecule has 0 radical (unpaired) electrons. The van der Waals surface area contributed by atoms with Gasteiger partial charge in [-0.2, -0.15) is 9.40 Å². The number of amides is 1. The van der Waals surface area contributed by atoms with Crippen molar-refractivity contribution < 1.29 is 17.6 Å². The number of nitrogens with zero attached hydrogens (tertiary/aromatic N) is 4. The summed E-state index contributed by atoms with van der Waals surface area (Å²) < 4.78 is 35.1. The van der Waals surface area contributed by atoms with Gasteiger partial charge < -0.3 is 9.32 Å². The molecular weight excluding hydrogens is 412 g/mol. The largest absolute Gasteiger partial charge is 0.459 e. The zero-order valence-corrected chi connectivity index (χ0v) is 17.8. The topological polar surface area (TPSA) is 88.7 Å². The second kappa shape index (κ2) is 7.77. The van der Waals surface area contributed by atoms with E-state index in [1.54, 1.807) is 27.9 Å². The normalized spacial score (nSPS) is 15.9. The Hall–Kier alpha value is -2.43. The van der Waals surface area contributed by atoms with Gasteiger partial charge in [0.1, 0.15) is 10.6 Å². The highest BCUT2D eigenvalue weighted by Crippen LogP contribution is 2.32. The SMILES string of the molecule is CC(C)n1cc(S(=O)(=O)N2CCN(C(=O)c3ccco3)CC2)c(-c2cccs2)n1. The van der Waals surface area contributed by atoms with E-state index in [1.807, 2.05) is 31.4 Å². The van der Waals surface area contributed by atoms with E-state index in [-0.39, 0.29) is 35.7 Å². The zero-order chi connectivity index (χ0) is 20.6. The van der Waals surface area contributed by atoms with Crippen molar-refractivity contribution in [3.8, 4) is 10.6 Å². The summed E-state index contributed by atoms with van der Waals surface area (Å²) >= 11 is 1.46. The average molecular weight is 435 g/mol. The zero-order valence-electron chi connectivity index (χ0n) is 16.2. The number of rotatable bonds is 5. The van der Waals surface area contributed by atoms with Crippen LogP contribution in [0, 0.1) is 0 Å². The number of piperazine rings is 1. The summed E-state index contributed by atoms with van der Waals surface area (Å²) in [6, 6.07) is 7.06. The first-order valence-corrected chi connectivity index (χ1v) is 11.7. The van der Waals surface area contributed by atoms with Crippen molar-refractivity contribution in [3.63, 3.8) is 0 Å². The number of hydrogen-bond donors (Lipinski definition) is 0. The molecule has 0 aliphatic carbocycles. The van der Waals surface area contributed by atoms with Gasteiger partial charge in [-0.05, 0) is 37.4 Å². The van der Waals surface area contributed by atoms with Gasteiger partial charge in [0.25, 0.3) is 5.91 Å². The minimum atomic E-state index is -3.74. The highest BCUT2D eigenvalue weighted by molar-refractivity contribution is 7.89. The Kier molecular flexibility index (Phi) is 5.32. The summed E-state index contributed by atoms with van der Waals surface area (Å²) in [5.74, 6) is 0.0402. The number of thiophene rings is 1. The van der Waals surface area contributed by atoms with E-state index in [0.29, 0.717) is 18.8 Å². The summed E-state index contributed by atoms with van der Waals surface area (Å²) in [7, 11) is -3.74. The molecule has 0 atom stereocenters. The van der Waals surface area contributed by atoms with Crippen LogP contribution in [-0.2, 0) is 10.0 Å². The third kappa shape index (κ3) is 3.75. The maximum Gasteiger partial charge on any atom is 0.289 e. The van der Waals surface area contributed by atoms with Crippen LogP contribution in [0.2, 0.25) is 0 Å². The molecule has 3 aromatic heterocycles. The quantitative estimate of drug-likeness (QED) is 0.616. The van der Waals surface area contributed by atoms with Crippen LogP contribution < -0.4 is 0 Å². The molecule has 3 aromatic rings. The van der Waals surface area contributed by atoms with E-state index in [9.17, 15) is 13.2 Å². The van der Waals surface area contributed by atoms with Crippen LogP contribution in [0.15, 0.2) is 51.4 Å². The summed E-state index contributed by atoms with van der Waals surface area (Å²) in [6.07, 6.45) is 3.06. The van der Waals surface area contributed by atoms with Crippen LogP contribution in [0.25, 0.3) is 10.6 Å². The van der Waals surface area contributed by atoms with Crippen molar-refractivity contribution in [2.45, 2.75) is 24.8 Å². The molecular formula is C19H22N4O4S2. The van der Waals surface area contributed by atoms with Crippen LogP contribution in [-0.4, -0.2) is 59.5 Å². The van der Waals surface area contributed by atoms with Gasteiger partial charge in [-0.1, -0.05) is 6.07 Å². The minimum Gasteiger partial charge on any atom is -0.459 e. The lowest BCUT2D eigenvalue weighted by Crippen LogP contribution is -2.50. The number of carbonyl (C=O) groups excluding carboxylic acids is 1. The summed E-state index contributed by atoms with van der Waals surface area (Å²) in [6.45, 7) is 5.00. The van der Waals surface area contributed by atoms with Gasteiger partial charge in [-0.3, -0.25) is 9.48 Å². The van der Waals surface area contributed by atoms with E-state index in [0.717, 1.165) is 4.88 Å². The van der Waals surface area contributed by atoms with Crippen LogP contribution in [0.3, 0.4) is 0 Å². The van der Waals surface area contributed by atoms with Crippen molar-refractivity contribution in [2.24, 2.45) is 0 Å². The van der Waals surface area contributed by atoms with Crippen molar-refractivity contribution in [2.75, 3.05) is 26.2 Å². The molecule has 0 saturated carbocycles. The summed E-state index contributed by atoms with van der Waals surface area (Å²) in [5.41, 5.74) is 0.475. The van der Waals surface area contributed by atoms with Crippen molar-refractivity contribution in [1.82, 2.24) is 19.0 Å². The van der Waals surface area contributed by atoms with Crippen LogP contribution >= 0.6 is 11.3 Å². The van der Waals surface area contributed by atoms with E-state index in [2.05, 4.69) is 5.10 Å². The minimum absolute atomic E-state index is 0.0421. The van der Waals surface area contributed by atoms with E-state index < -0.39 is 10.0 Å². The van der Waals surface area contributed by atoms with Crippen molar-refractivity contribution in [1.29, 1.82) is 0 Å². The smallest absolute Gasteiger partial charge is 0.289 e. The molecule has 8 nitrogen and oxygen atoms in total. The average Bonchev–Trinajstić information content (AvgIpc) is 3.48. The highest BCUT2D eigenvalue weighted by atomic mass is 32.2. The Morgan fingerprint density at radius 3 is 2.52 bits per heavy atom. The molecule has 1 amide bonds. The number of furan rings is 1. The predicted molar refractivity (Wildman–Crippen MR) is 109 cm³/mol. The molecule has 1 aliphatic rings. The molecule has 0 N–H and O–H groups in total. The number of hydrogen-bond acceptors (Lipinski definition) is 6. The van der Waals surface area contributed by atoms with Gasteiger partial charge >= 0.3 is 0 Å². The molecule has 29 heavy (non-hydrogen) atoms. The fraction of sp³-hybridized carbons (Fsp3) is 0.368. The van der Waals surface area contributed by atoms with Gasteiger partial charge in [-0.15, -0.1) is 11.3 Å². The van der Waals surface area contributed by atoms with Crippen molar-refractivity contribution >= 4 is 27.3 Å². The van der Waals surface area contributed by atoms with Crippen LogP contribution in [0.5, 0.6) is 0 Å². The molecule has 0 bridgehead atoms. The first kappa shape index (κ1) is 19.9. The molecule has 1 aliphatic heterocycles. The first-order valence-electron chi connectivity index (χ1n) is 9.34. The maximum atomic E-state index is 13.4. The Balaban J connectivity index is 1.58. The summed E-state index contributed by atoms with van der Waals surface area (Å²) in [4.78, 5) is 15.1. The van der Waals surface area contributed by atoms with Gasteiger partial charge in [0.05, 0.1) is 11.1 Å². The Bertz CT molecular complexity index is 1080. The third-order valence-electron chi connectivity index (χ3n) is 4.86. The number of aromatic nitrogens is 2.